The molecule has 1 aliphatic rings. The van der Waals surface area contributed by atoms with Gasteiger partial charge in [-0.2, -0.15) is 0 Å². The lowest BCUT2D eigenvalue weighted by Gasteiger charge is -2.32. The topological polar surface area (TPSA) is 91.0 Å². The molecule has 1 saturated heterocycles. The molecule has 1 fully saturated rings. The molecule has 1 aliphatic heterocycles. The number of hydrogen-bond acceptors (Lipinski definition) is 5. The van der Waals surface area contributed by atoms with Gasteiger partial charge in [0.25, 0.3) is 5.69 Å². The summed E-state index contributed by atoms with van der Waals surface area (Å²) in [6.07, 6.45) is 1.23. The maximum absolute atomic E-state index is 10.8. The predicted octanol–water partition coefficient (Wildman–Crippen LogP) is 3.29. The highest BCUT2D eigenvalue weighted by atomic mass is 32.2. The summed E-state index contributed by atoms with van der Waals surface area (Å²) in [7, 11) is 0. The fraction of sp³-hybridized carbons (Fsp3) is 0.381. The standard InChI is InChI=1S/C21H26N4O3S/c26-19-10-13-24(14-11-19)21(22-12-15-29-20-4-2-1-3-5-20)23-16-17-6-8-18(9-7-17)25(27)28/h1-9,19,26H,10-16H2,(H,22,23). The van der Waals surface area contributed by atoms with Crippen LogP contribution in [0.3, 0.4) is 0 Å². The minimum absolute atomic E-state index is 0.0824. The van der Waals surface area contributed by atoms with Crippen LogP contribution < -0.4 is 5.32 Å². The lowest BCUT2D eigenvalue weighted by atomic mass is 10.1. The normalized spacial score (nSPS) is 15.3. The third-order valence-electron chi connectivity index (χ3n) is 4.72. The number of nitrogens with zero attached hydrogens (tertiary/aromatic N) is 3. The van der Waals surface area contributed by atoms with E-state index in [0.29, 0.717) is 6.54 Å². The molecule has 2 aromatic rings. The van der Waals surface area contributed by atoms with Gasteiger partial charge in [0, 0.05) is 42.4 Å². The Morgan fingerprint density at radius 1 is 1.17 bits per heavy atom. The average Bonchev–Trinajstić information content (AvgIpc) is 2.75. The van der Waals surface area contributed by atoms with Gasteiger partial charge < -0.3 is 15.3 Å². The van der Waals surface area contributed by atoms with E-state index in [9.17, 15) is 15.2 Å². The molecule has 0 aliphatic carbocycles. The van der Waals surface area contributed by atoms with Crippen molar-refractivity contribution < 1.29 is 10.0 Å². The molecule has 0 saturated carbocycles. The van der Waals surface area contributed by atoms with Gasteiger partial charge >= 0.3 is 0 Å². The van der Waals surface area contributed by atoms with Gasteiger partial charge in [-0.3, -0.25) is 10.1 Å². The fourth-order valence-electron chi connectivity index (χ4n) is 3.08. The minimum Gasteiger partial charge on any atom is -0.393 e. The Labute approximate surface area is 175 Å². The zero-order chi connectivity index (χ0) is 20.5. The first-order valence-corrected chi connectivity index (χ1v) is 10.7. The zero-order valence-corrected chi connectivity index (χ0v) is 17.1. The molecule has 8 heteroatoms. The molecule has 0 aromatic heterocycles. The lowest BCUT2D eigenvalue weighted by molar-refractivity contribution is -0.384. The maximum atomic E-state index is 10.8. The van der Waals surface area contributed by atoms with Crippen molar-refractivity contribution in [2.24, 2.45) is 4.99 Å². The van der Waals surface area contributed by atoms with Crippen LogP contribution in [0.2, 0.25) is 0 Å². The summed E-state index contributed by atoms with van der Waals surface area (Å²) in [5, 5.41) is 24.0. The van der Waals surface area contributed by atoms with Crippen LogP contribution in [0, 0.1) is 10.1 Å². The van der Waals surface area contributed by atoms with Crippen molar-refractivity contribution in [2.75, 3.05) is 25.4 Å². The lowest BCUT2D eigenvalue weighted by Crippen LogP contribution is -2.47. The Morgan fingerprint density at radius 2 is 1.86 bits per heavy atom. The minimum atomic E-state index is -0.399. The van der Waals surface area contributed by atoms with Crippen LogP contribution in [-0.2, 0) is 6.54 Å². The van der Waals surface area contributed by atoms with Gasteiger partial charge in [0.1, 0.15) is 0 Å². The molecule has 0 atom stereocenters. The highest BCUT2D eigenvalue weighted by molar-refractivity contribution is 7.99. The van der Waals surface area contributed by atoms with Crippen LogP contribution in [0.5, 0.6) is 0 Å². The number of thioether (sulfide) groups is 1. The number of likely N-dealkylation sites (tertiary alicyclic amines) is 1. The van der Waals surface area contributed by atoms with Crippen molar-refractivity contribution in [3.8, 4) is 0 Å². The van der Waals surface area contributed by atoms with Crippen molar-refractivity contribution in [1.29, 1.82) is 0 Å². The van der Waals surface area contributed by atoms with E-state index >= 15 is 0 Å². The third-order valence-corrected chi connectivity index (χ3v) is 5.73. The van der Waals surface area contributed by atoms with Crippen molar-refractivity contribution in [1.82, 2.24) is 10.2 Å². The summed E-state index contributed by atoms with van der Waals surface area (Å²) < 4.78 is 0. The molecule has 29 heavy (non-hydrogen) atoms. The zero-order valence-electron chi connectivity index (χ0n) is 16.2. The van der Waals surface area contributed by atoms with Gasteiger partial charge in [-0.1, -0.05) is 30.3 Å². The van der Waals surface area contributed by atoms with E-state index in [-0.39, 0.29) is 11.8 Å². The fourth-order valence-corrected chi connectivity index (χ4v) is 3.87. The maximum Gasteiger partial charge on any atom is 0.269 e. The smallest absolute Gasteiger partial charge is 0.269 e. The first kappa shape index (κ1) is 21.1. The van der Waals surface area contributed by atoms with Gasteiger partial charge in [0.2, 0.25) is 0 Å². The van der Waals surface area contributed by atoms with Gasteiger partial charge in [0.15, 0.2) is 5.96 Å². The molecule has 1 heterocycles. The molecule has 7 nitrogen and oxygen atoms in total. The van der Waals surface area contributed by atoms with E-state index in [4.69, 9.17) is 4.99 Å². The Kier molecular flexibility index (Phi) is 7.89. The summed E-state index contributed by atoms with van der Waals surface area (Å²) in [6, 6.07) is 16.8. The average molecular weight is 415 g/mol. The Bertz CT molecular complexity index is 806. The third kappa shape index (κ3) is 6.76. The van der Waals surface area contributed by atoms with Gasteiger partial charge in [0.05, 0.1) is 17.6 Å². The molecule has 154 valence electrons. The Hall–Kier alpha value is -2.58. The number of aliphatic imine (C=N–C) groups is 1. The summed E-state index contributed by atoms with van der Waals surface area (Å²) in [5.74, 6) is 1.74. The van der Waals surface area contributed by atoms with Crippen LogP contribution in [0.4, 0.5) is 5.69 Å². The van der Waals surface area contributed by atoms with Crippen LogP contribution in [0.1, 0.15) is 18.4 Å². The number of nitro benzene ring substituents is 1. The van der Waals surface area contributed by atoms with Gasteiger partial charge in [-0.05, 0) is 30.5 Å². The molecule has 0 spiro atoms. The molecule has 0 bridgehead atoms. The number of aliphatic hydroxyl groups is 1. The van der Waals surface area contributed by atoms with E-state index in [1.807, 2.05) is 18.2 Å². The second-order valence-electron chi connectivity index (χ2n) is 6.87. The van der Waals surface area contributed by atoms with E-state index < -0.39 is 4.92 Å². The van der Waals surface area contributed by atoms with E-state index in [1.165, 1.54) is 17.0 Å². The molecule has 2 aromatic carbocycles. The summed E-state index contributed by atoms with van der Waals surface area (Å²) >= 11 is 1.79. The quantitative estimate of drug-likeness (QED) is 0.180. The first-order valence-electron chi connectivity index (χ1n) is 9.74. The monoisotopic (exact) mass is 414 g/mol. The SMILES string of the molecule is O=[N+]([O-])c1ccc(CN=C(NCCSc2ccccc2)N2CCC(O)CC2)cc1. The second kappa shape index (κ2) is 10.8. The van der Waals surface area contributed by atoms with Gasteiger partial charge in [-0.25, -0.2) is 4.99 Å². The van der Waals surface area contributed by atoms with E-state index in [0.717, 1.165) is 49.8 Å². The number of aliphatic hydroxyl groups excluding tert-OH is 1. The second-order valence-corrected chi connectivity index (χ2v) is 8.04. The number of nitrogens with one attached hydrogen (secondary N) is 1. The van der Waals surface area contributed by atoms with Crippen LogP contribution in [0.15, 0.2) is 64.5 Å². The van der Waals surface area contributed by atoms with Crippen LogP contribution in [-0.4, -0.2) is 52.4 Å². The predicted molar refractivity (Wildman–Crippen MR) is 116 cm³/mol. The largest absolute Gasteiger partial charge is 0.393 e. The van der Waals surface area contributed by atoms with Gasteiger partial charge in [-0.15, -0.1) is 11.8 Å². The number of piperidine rings is 1. The number of guanidine groups is 1. The number of hydrogen-bond donors (Lipinski definition) is 2. The Morgan fingerprint density at radius 3 is 2.52 bits per heavy atom. The first-order chi connectivity index (χ1) is 14.1. The highest BCUT2D eigenvalue weighted by Gasteiger charge is 2.19. The summed E-state index contributed by atoms with van der Waals surface area (Å²) in [6.45, 7) is 2.75. The van der Waals surface area contributed by atoms with Crippen molar-refractivity contribution >= 4 is 23.4 Å². The highest BCUT2D eigenvalue weighted by Crippen LogP contribution is 2.17. The molecular weight excluding hydrogens is 388 g/mol. The molecular formula is C21H26N4O3S. The van der Waals surface area contributed by atoms with Crippen LogP contribution in [0.25, 0.3) is 0 Å². The number of non-ortho nitro benzene ring substituents is 1. The van der Waals surface area contributed by atoms with E-state index in [2.05, 4.69) is 22.3 Å². The molecule has 0 amide bonds. The summed E-state index contributed by atoms with van der Waals surface area (Å²) in [4.78, 5) is 18.5. The number of benzene rings is 2. The molecule has 3 rings (SSSR count). The summed E-state index contributed by atoms with van der Waals surface area (Å²) in [5.41, 5.74) is 1.00. The number of rotatable bonds is 7. The molecule has 0 radical (unpaired) electrons. The van der Waals surface area contributed by atoms with E-state index in [1.54, 1.807) is 23.9 Å². The van der Waals surface area contributed by atoms with Crippen molar-refractivity contribution in [2.45, 2.75) is 30.4 Å². The van der Waals surface area contributed by atoms with Crippen molar-refractivity contribution in [3.63, 3.8) is 0 Å². The molecule has 2 N–H and O–H groups in total. The van der Waals surface area contributed by atoms with Crippen LogP contribution >= 0.6 is 11.8 Å². The van der Waals surface area contributed by atoms with Crippen molar-refractivity contribution in [3.05, 3.63) is 70.3 Å². The number of nitro groups is 1. The molecule has 0 unspecified atom stereocenters. The Balaban J connectivity index is 1.59.